The highest BCUT2D eigenvalue weighted by atomic mass is 19.1. The molecule has 1 fully saturated rings. The van der Waals surface area contributed by atoms with Crippen LogP contribution in [0.5, 0.6) is 0 Å². The standard InChI is InChI=1S/C21H28FN3O3/c1-2-25-12-14(21(27)28)20(26)17-16(25)11-15(18(22)19(17)23)24-10-6-9-13-7-4-3-5-8-13/h11-13,24H,2-10,23H2,1H3,(H,27,28). The van der Waals surface area contributed by atoms with Gasteiger partial charge in [-0.1, -0.05) is 32.1 Å². The lowest BCUT2D eigenvalue weighted by Gasteiger charge is -2.21. The lowest BCUT2D eigenvalue weighted by atomic mass is 9.86. The molecule has 0 saturated heterocycles. The number of nitrogen functional groups attached to an aromatic ring is 1. The van der Waals surface area contributed by atoms with Gasteiger partial charge in [-0.15, -0.1) is 0 Å². The molecule has 6 nitrogen and oxygen atoms in total. The maximum Gasteiger partial charge on any atom is 0.341 e. The Balaban J connectivity index is 1.85. The van der Waals surface area contributed by atoms with Crippen molar-refractivity contribution in [2.75, 3.05) is 17.6 Å². The zero-order valence-corrected chi connectivity index (χ0v) is 16.3. The summed E-state index contributed by atoms with van der Waals surface area (Å²) in [5, 5.41) is 12.3. The summed E-state index contributed by atoms with van der Waals surface area (Å²) in [5.41, 5.74) is 5.13. The molecule has 0 atom stereocenters. The summed E-state index contributed by atoms with van der Waals surface area (Å²) in [7, 11) is 0. The fourth-order valence-electron chi connectivity index (χ4n) is 4.18. The van der Waals surface area contributed by atoms with E-state index >= 15 is 0 Å². The minimum Gasteiger partial charge on any atom is -0.477 e. The topological polar surface area (TPSA) is 97.4 Å². The number of aromatic nitrogens is 1. The molecule has 2 aromatic rings. The number of benzene rings is 1. The molecular weight excluding hydrogens is 361 g/mol. The van der Waals surface area contributed by atoms with Gasteiger partial charge >= 0.3 is 5.97 Å². The minimum atomic E-state index is -1.35. The van der Waals surface area contributed by atoms with Crippen molar-refractivity contribution in [2.45, 2.75) is 58.4 Å². The van der Waals surface area contributed by atoms with Crippen LogP contribution in [0.2, 0.25) is 0 Å². The molecule has 0 aliphatic heterocycles. The van der Waals surface area contributed by atoms with E-state index in [0.29, 0.717) is 18.6 Å². The first kappa shape index (κ1) is 20.2. The summed E-state index contributed by atoms with van der Waals surface area (Å²) in [6.45, 7) is 2.89. The third kappa shape index (κ3) is 3.98. The molecule has 0 radical (unpaired) electrons. The van der Waals surface area contributed by atoms with E-state index in [1.165, 1.54) is 38.3 Å². The Bertz CT molecular complexity index is 933. The first-order valence-corrected chi connectivity index (χ1v) is 10.1. The van der Waals surface area contributed by atoms with Crippen LogP contribution in [0.25, 0.3) is 10.9 Å². The van der Waals surface area contributed by atoms with Crippen LogP contribution in [0.4, 0.5) is 15.8 Å². The summed E-state index contributed by atoms with van der Waals surface area (Å²) < 4.78 is 16.4. The lowest BCUT2D eigenvalue weighted by molar-refractivity contribution is 0.0695. The third-order valence-corrected chi connectivity index (χ3v) is 5.75. The van der Waals surface area contributed by atoms with Crippen LogP contribution < -0.4 is 16.5 Å². The number of anilines is 2. The Kier molecular flexibility index (Phi) is 6.21. The Labute approximate surface area is 163 Å². The van der Waals surface area contributed by atoms with Crippen LogP contribution in [-0.2, 0) is 6.54 Å². The molecule has 1 aromatic heterocycles. The number of nitrogens with two attached hydrogens (primary N) is 1. The van der Waals surface area contributed by atoms with Gasteiger partial charge in [-0.05, 0) is 31.7 Å². The highest BCUT2D eigenvalue weighted by molar-refractivity contribution is 5.99. The summed E-state index contributed by atoms with van der Waals surface area (Å²) in [6, 6.07) is 1.55. The average molecular weight is 389 g/mol. The number of hydrogen-bond acceptors (Lipinski definition) is 4. The van der Waals surface area contributed by atoms with E-state index in [-0.39, 0.29) is 16.8 Å². The van der Waals surface area contributed by atoms with Gasteiger partial charge in [-0.25, -0.2) is 9.18 Å². The van der Waals surface area contributed by atoms with Gasteiger partial charge in [0.1, 0.15) is 5.56 Å². The van der Waals surface area contributed by atoms with Gasteiger partial charge in [0, 0.05) is 19.3 Å². The number of pyridine rings is 1. The number of rotatable bonds is 7. The van der Waals surface area contributed by atoms with Gasteiger partial charge in [0.2, 0.25) is 5.43 Å². The second-order valence-electron chi connectivity index (χ2n) is 7.58. The fraction of sp³-hybridized carbons (Fsp3) is 0.524. The number of nitrogens with one attached hydrogen (secondary N) is 1. The van der Waals surface area contributed by atoms with E-state index < -0.39 is 22.8 Å². The van der Waals surface area contributed by atoms with E-state index in [0.717, 1.165) is 18.8 Å². The second-order valence-corrected chi connectivity index (χ2v) is 7.58. The zero-order valence-electron chi connectivity index (χ0n) is 16.3. The molecule has 0 amide bonds. The monoisotopic (exact) mass is 389 g/mol. The Hall–Kier alpha value is -2.57. The number of carbonyl (C=O) groups is 1. The number of nitrogens with zero attached hydrogens (tertiary/aromatic N) is 1. The fourth-order valence-corrected chi connectivity index (χ4v) is 4.18. The van der Waals surface area contributed by atoms with Crippen LogP contribution >= 0.6 is 0 Å². The van der Waals surface area contributed by atoms with Crippen molar-refractivity contribution in [3.8, 4) is 0 Å². The average Bonchev–Trinajstić information content (AvgIpc) is 2.69. The predicted molar refractivity (Wildman–Crippen MR) is 110 cm³/mol. The SMILES string of the molecule is CCn1cc(C(=O)O)c(=O)c2c(N)c(F)c(NCCCC3CCCCC3)cc21. The number of carboxylic acids is 1. The first-order chi connectivity index (χ1) is 13.4. The largest absolute Gasteiger partial charge is 0.477 e. The van der Waals surface area contributed by atoms with Crippen molar-refractivity contribution in [1.82, 2.24) is 4.57 Å². The van der Waals surface area contributed by atoms with Gasteiger partial charge in [-0.3, -0.25) is 4.79 Å². The number of aromatic carboxylic acids is 1. The Morgan fingerprint density at radius 3 is 2.71 bits per heavy atom. The Morgan fingerprint density at radius 2 is 2.07 bits per heavy atom. The van der Waals surface area contributed by atoms with E-state index in [4.69, 9.17) is 5.73 Å². The number of aryl methyl sites for hydroxylation is 1. The van der Waals surface area contributed by atoms with Crippen LogP contribution in [0, 0.1) is 11.7 Å². The van der Waals surface area contributed by atoms with Gasteiger partial charge in [0.25, 0.3) is 0 Å². The number of carboxylic acid groups (broad SMARTS) is 1. The molecule has 0 unspecified atom stereocenters. The Morgan fingerprint density at radius 1 is 1.36 bits per heavy atom. The van der Waals surface area contributed by atoms with Crippen LogP contribution in [0.15, 0.2) is 17.1 Å². The summed E-state index contributed by atoms with van der Waals surface area (Å²) >= 11 is 0. The molecule has 1 heterocycles. The quantitative estimate of drug-likeness (QED) is 0.487. The molecule has 1 aromatic carbocycles. The number of hydrogen-bond donors (Lipinski definition) is 3. The van der Waals surface area contributed by atoms with Crippen molar-refractivity contribution < 1.29 is 14.3 Å². The second kappa shape index (κ2) is 8.63. The lowest BCUT2D eigenvalue weighted by Crippen LogP contribution is -2.20. The number of fused-ring (bicyclic) bond motifs is 1. The highest BCUT2D eigenvalue weighted by Gasteiger charge is 2.20. The molecule has 1 aliphatic carbocycles. The van der Waals surface area contributed by atoms with E-state index in [2.05, 4.69) is 5.32 Å². The molecule has 1 saturated carbocycles. The normalized spacial score (nSPS) is 15.1. The molecule has 152 valence electrons. The van der Waals surface area contributed by atoms with Gasteiger partial charge < -0.3 is 20.7 Å². The molecular formula is C21H28FN3O3. The molecule has 0 bridgehead atoms. The smallest absolute Gasteiger partial charge is 0.341 e. The molecule has 3 rings (SSSR count). The molecule has 4 N–H and O–H groups in total. The molecule has 0 spiro atoms. The number of halogens is 1. The van der Waals surface area contributed by atoms with Crippen molar-refractivity contribution in [2.24, 2.45) is 5.92 Å². The van der Waals surface area contributed by atoms with Gasteiger partial charge in [-0.2, -0.15) is 0 Å². The molecule has 28 heavy (non-hydrogen) atoms. The maximum atomic E-state index is 14.8. The van der Waals surface area contributed by atoms with E-state index in [1.54, 1.807) is 10.6 Å². The van der Waals surface area contributed by atoms with Crippen molar-refractivity contribution in [1.29, 1.82) is 0 Å². The van der Waals surface area contributed by atoms with Crippen LogP contribution in [0.1, 0.15) is 62.2 Å². The van der Waals surface area contributed by atoms with Crippen LogP contribution in [-0.4, -0.2) is 22.2 Å². The predicted octanol–water partition coefficient (Wildman–Crippen LogP) is 4.21. The van der Waals surface area contributed by atoms with Gasteiger partial charge in [0.15, 0.2) is 5.82 Å². The van der Waals surface area contributed by atoms with Gasteiger partial charge in [0.05, 0.1) is 22.3 Å². The van der Waals surface area contributed by atoms with Crippen molar-refractivity contribution in [3.05, 3.63) is 33.9 Å². The summed E-state index contributed by atoms with van der Waals surface area (Å²) in [4.78, 5) is 23.8. The van der Waals surface area contributed by atoms with Crippen LogP contribution in [0.3, 0.4) is 0 Å². The van der Waals surface area contributed by atoms with E-state index in [1.807, 2.05) is 6.92 Å². The van der Waals surface area contributed by atoms with E-state index in [9.17, 15) is 19.1 Å². The highest BCUT2D eigenvalue weighted by Crippen LogP contribution is 2.30. The van der Waals surface area contributed by atoms with Crippen molar-refractivity contribution >= 4 is 28.2 Å². The maximum absolute atomic E-state index is 14.8. The van der Waals surface area contributed by atoms with Crippen molar-refractivity contribution in [3.63, 3.8) is 0 Å². The summed E-state index contributed by atoms with van der Waals surface area (Å²) in [5.74, 6) is -1.28. The first-order valence-electron chi connectivity index (χ1n) is 10.1. The molecule has 7 heteroatoms. The zero-order chi connectivity index (χ0) is 20.3. The summed E-state index contributed by atoms with van der Waals surface area (Å²) in [6.07, 6.45) is 9.87. The minimum absolute atomic E-state index is 0.0768. The third-order valence-electron chi connectivity index (χ3n) is 5.75. The molecule has 1 aliphatic rings.